The fourth-order valence-corrected chi connectivity index (χ4v) is 3.40. The van der Waals surface area contributed by atoms with Gasteiger partial charge in [0, 0.05) is 48.4 Å². The molecule has 1 aromatic rings. The largest absolute Gasteiger partial charge is 0.389 e. The van der Waals surface area contributed by atoms with Crippen LogP contribution in [-0.2, 0) is 4.79 Å². The number of nitrogens with two attached hydrogens (primary N) is 1. The van der Waals surface area contributed by atoms with E-state index < -0.39 is 0 Å². The normalized spacial score (nSPS) is 22.1. The Balaban J connectivity index is 1.87. The van der Waals surface area contributed by atoms with Crippen molar-refractivity contribution in [3.05, 3.63) is 28.8 Å². The number of nitrogens with zero attached hydrogens (tertiary/aromatic N) is 2. The van der Waals surface area contributed by atoms with E-state index >= 15 is 0 Å². The van der Waals surface area contributed by atoms with Gasteiger partial charge in [-0.25, -0.2) is 0 Å². The number of hydrogen-bond donors (Lipinski definition) is 1. The van der Waals surface area contributed by atoms with Crippen LogP contribution in [0, 0.1) is 0 Å². The summed E-state index contributed by atoms with van der Waals surface area (Å²) in [7, 11) is 0. The van der Waals surface area contributed by atoms with E-state index in [2.05, 4.69) is 4.90 Å². The monoisotopic (exact) mass is 309 g/mol. The van der Waals surface area contributed by atoms with Gasteiger partial charge in [-0.1, -0.05) is 23.8 Å². The van der Waals surface area contributed by atoms with Gasteiger partial charge in [-0.15, -0.1) is 0 Å². The van der Waals surface area contributed by atoms with Crippen LogP contribution in [0.3, 0.4) is 0 Å². The van der Waals surface area contributed by atoms with E-state index in [1.54, 1.807) is 0 Å². The van der Waals surface area contributed by atoms with E-state index in [4.69, 9.17) is 29.6 Å². The van der Waals surface area contributed by atoms with E-state index in [1.807, 2.05) is 23.1 Å². The van der Waals surface area contributed by atoms with Crippen LogP contribution in [0.25, 0.3) is 0 Å². The molecule has 1 unspecified atom stereocenters. The van der Waals surface area contributed by atoms with E-state index in [9.17, 15) is 4.79 Å². The molecule has 2 N–H and O–H groups in total. The second-order valence-corrected chi connectivity index (χ2v) is 6.13. The third kappa shape index (κ3) is 2.36. The molecule has 2 aliphatic rings. The van der Waals surface area contributed by atoms with E-state index in [0.717, 1.165) is 37.3 Å². The molecular weight excluding hydrogens is 294 g/mol. The standard InChI is InChI=1S/C14H16ClN3OS/c15-9-1-3-12(11(7-9)14(16)20)17-5-6-18-10(8-17)2-4-13(18)19/h1,3,7,10H,2,4-6,8H2,(H2,16,20). The summed E-state index contributed by atoms with van der Waals surface area (Å²) in [6.07, 6.45) is 1.60. The van der Waals surface area contributed by atoms with Crippen LogP contribution >= 0.6 is 23.8 Å². The number of piperazine rings is 1. The number of rotatable bonds is 2. The molecule has 6 heteroatoms. The minimum absolute atomic E-state index is 0.278. The highest BCUT2D eigenvalue weighted by atomic mass is 35.5. The molecule has 2 saturated heterocycles. The third-order valence-electron chi connectivity index (χ3n) is 4.06. The average molecular weight is 310 g/mol. The van der Waals surface area contributed by atoms with Crippen molar-refractivity contribution in [2.75, 3.05) is 24.5 Å². The molecule has 0 aromatic heterocycles. The number of carbonyl (C=O) groups excluding carboxylic acids is 1. The van der Waals surface area contributed by atoms with Gasteiger partial charge in [0.1, 0.15) is 4.99 Å². The molecule has 0 radical (unpaired) electrons. The Hall–Kier alpha value is -1.33. The van der Waals surface area contributed by atoms with Crippen LogP contribution in [-0.4, -0.2) is 41.5 Å². The highest BCUT2D eigenvalue weighted by Crippen LogP contribution is 2.29. The number of carbonyl (C=O) groups is 1. The zero-order chi connectivity index (χ0) is 14.3. The highest BCUT2D eigenvalue weighted by molar-refractivity contribution is 7.80. The summed E-state index contributed by atoms with van der Waals surface area (Å²) in [5.74, 6) is 0.278. The number of anilines is 1. The van der Waals surface area contributed by atoms with E-state index in [0.29, 0.717) is 22.5 Å². The predicted molar refractivity (Wildman–Crippen MR) is 84.3 cm³/mol. The summed E-state index contributed by atoms with van der Waals surface area (Å²) in [5, 5.41) is 0.631. The maximum absolute atomic E-state index is 11.7. The van der Waals surface area contributed by atoms with E-state index in [1.165, 1.54) is 0 Å². The Bertz CT molecular complexity index is 578. The molecule has 0 spiro atoms. The molecule has 1 amide bonds. The lowest BCUT2D eigenvalue weighted by Crippen LogP contribution is -2.51. The number of fused-ring (bicyclic) bond motifs is 1. The zero-order valence-electron chi connectivity index (χ0n) is 11.0. The number of thiocarbonyl (C=S) groups is 1. The second kappa shape index (κ2) is 5.22. The van der Waals surface area contributed by atoms with Gasteiger partial charge >= 0.3 is 0 Å². The smallest absolute Gasteiger partial charge is 0.223 e. The fourth-order valence-electron chi connectivity index (χ4n) is 3.06. The fraction of sp³-hybridized carbons (Fsp3) is 0.429. The van der Waals surface area contributed by atoms with Gasteiger partial charge in [-0.05, 0) is 24.6 Å². The molecule has 1 aromatic carbocycles. The minimum Gasteiger partial charge on any atom is -0.389 e. The Labute approximate surface area is 128 Å². The molecule has 0 aliphatic carbocycles. The van der Waals surface area contributed by atoms with Crippen molar-refractivity contribution in [3.8, 4) is 0 Å². The zero-order valence-corrected chi connectivity index (χ0v) is 12.6. The molecule has 20 heavy (non-hydrogen) atoms. The van der Waals surface area contributed by atoms with Gasteiger partial charge in [-0.2, -0.15) is 0 Å². The van der Waals surface area contributed by atoms with Gasteiger partial charge < -0.3 is 15.5 Å². The number of amides is 1. The number of halogens is 1. The molecule has 106 valence electrons. The highest BCUT2D eigenvalue weighted by Gasteiger charge is 2.35. The molecule has 2 aliphatic heterocycles. The van der Waals surface area contributed by atoms with Crippen LogP contribution in [0.1, 0.15) is 18.4 Å². The first-order valence-electron chi connectivity index (χ1n) is 6.70. The Morgan fingerprint density at radius 3 is 2.95 bits per heavy atom. The van der Waals surface area contributed by atoms with Crippen molar-refractivity contribution in [2.45, 2.75) is 18.9 Å². The Morgan fingerprint density at radius 2 is 2.20 bits per heavy atom. The van der Waals surface area contributed by atoms with E-state index in [-0.39, 0.29) is 5.91 Å². The number of hydrogen-bond acceptors (Lipinski definition) is 3. The summed E-state index contributed by atoms with van der Waals surface area (Å²) in [4.78, 5) is 16.3. The van der Waals surface area contributed by atoms with Crippen LogP contribution in [0.4, 0.5) is 5.69 Å². The summed E-state index contributed by atoms with van der Waals surface area (Å²) < 4.78 is 0. The molecule has 2 fully saturated rings. The van der Waals surface area contributed by atoms with Gasteiger partial charge in [0.25, 0.3) is 0 Å². The molecule has 0 saturated carbocycles. The number of benzene rings is 1. The Kier molecular flexibility index (Phi) is 3.56. The van der Waals surface area contributed by atoms with Gasteiger partial charge in [-0.3, -0.25) is 4.79 Å². The maximum Gasteiger partial charge on any atom is 0.223 e. The molecule has 3 rings (SSSR count). The van der Waals surface area contributed by atoms with Crippen molar-refractivity contribution in [2.24, 2.45) is 5.73 Å². The quantitative estimate of drug-likeness (QED) is 0.846. The van der Waals surface area contributed by atoms with Crippen molar-refractivity contribution in [1.29, 1.82) is 0 Å². The van der Waals surface area contributed by atoms with Crippen molar-refractivity contribution in [3.63, 3.8) is 0 Å². The maximum atomic E-state index is 11.7. The lowest BCUT2D eigenvalue weighted by molar-refractivity contribution is -0.129. The van der Waals surface area contributed by atoms with Crippen LogP contribution in [0.5, 0.6) is 0 Å². The SMILES string of the molecule is NC(=S)c1cc(Cl)ccc1N1CCN2C(=O)CCC2C1. The van der Waals surface area contributed by atoms with Gasteiger partial charge in [0.15, 0.2) is 0 Å². The van der Waals surface area contributed by atoms with Crippen molar-refractivity contribution in [1.82, 2.24) is 4.90 Å². The van der Waals surface area contributed by atoms with Crippen molar-refractivity contribution >= 4 is 40.4 Å². The molecule has 2 heterocycles. The first-order chi connectivity index (χ1) is 9.56. The second-order valence-electron chi connectivity index (χ2n) is 5.25. The molecule has 4 nitrogen and oxygen atoms in total. The topological polar surface area (TPSA) is 49.6 Å². The van der Waals surface area contributed by atoms with Crippen LogP contribution in [0.15, 0.2) is 18.2 Å². The first-order valence-corrected chi connectivity index (χ1v) is 7.48. The minimum atomic E-state index is 0.278. The Morgan fingerprint density at radius 1 is 1.40 bits per heavy atom. The molecule has 1 atom stereocenters. The summed E-state index contributed by atoms with van der Waals surface area (Å²) in [6.45, 7) is 2.41. The molecule has 0 bridgehead atoms. The lowest BCUT2D eigenvalue weighted by atomic mass is 10.1. The van der Waals surface area contributed by atoms with Crippen molar-refractivity contribution < 1.29 is 4.79 Å². The third-order valence-corrected chi connectivity index (χ3v) is 4.51. The van der Waals surface area contributed by atoms with Gasteiger partial charge in [0.05, 0.1) is 0 Å². The summed E-state index contributed by atoms with van der Waals surface area (Å²) in [5.41, 5.74) is 7.63. The summed E-state index contributed by atoms with van der Waals surface area (Å²) in [6, 6.07) is 5.94. The summed E-state index contributed by atoms with van der Waals surface area (Å²) >= 11 is 11.1. The van der Waals surface area contributed by atoms with Crippen LogP contribution < -0.4 is 10.6 Å². The van der Waals surface area contributed by atoms with Gasteiger partial charge in [0.2, 0.25) is 5.91 Å². The van der Waals surface area contributed by atoms with Crippen LogP contribution in [0.2, 0.25) is 5.02 Å². The first kappa shape index (κ1) is 13.6. The average Bonchev–Trinajstić information content (AvgIpc) is 2.80. The lowest BCUT2D eigenvalue weighted by Gasteiger charge is -2.39. The molecular formula is C14H16ClN3OS. The predicted octanol–water partition coefficient (Wildman–Crippen LogP) is 1.79.